The van der Waals surface area contributed by atoms with Crippen LogP contribution < -0.4 is 17.2 Å². The maximum Gasteiger partial charge on any atom is 0.149 e. The van der Waals surface area contributed by atoms with Gasteiger partial charge in [0.2, 0.25) is 0 Å². The molecule has 1 atom stereocenters. The van der Waals surface area contributed by atoms with Crippen molar-refractivity contribution in [2.45, 2.75) is 6.04 Å². The topological polar surface area (TPSA) is 78.1 Å². The zero-order valence-corrected chi connectivity index (χ0v) is 6.93. The molecule has 0 unspecified atom stereocenters. The van der Waals surface area contributed by atoms with E-state index in [0.717, 1.165) is 12.1 Å². The summed E-state index contributed by atoms with van der Waals surface area (Å²) in [6.07, 6.45) is 0. The predicted octanol–water partition coefficient (Wildman–Crippen LogP) is 0.506. The lowest BCUT2D eigenvalue weighted by atomic mass is 10.1. The fraction of sp³-hybridized carbons (Fsp3) is 0.250. The Bertz CT molecular complexity index is 291. The molecule has 0 radical (unpaired) electrons. The Kier molecular flexibility index (Phi) is 2.79. The maximum absolute atomic E-state index is 12.9. The van der Waals surface area contributed by atoms with Crippen molar-refractivity contribution in [3.63, 3.8) is 0 Å². The molecule has 5 heteroatoms. The molecule has 1 aromatic carbocycles. The van der Waals surface area contributed by atoms with Gasteiger partial charge in [0.05, 0.1) is 0 Å². The molecule has 6 N–H and O–H groups in total. The summed E-state index contributed by atoms with van der Waals surface area (Å²) >= 11 is 0. The fourth-order valence-electron chi connectivity index (χ4n) is 0.954. The zero-order valence-electron chi connectivity index (χ0n) is 6.93. The third-order valence-electron chi connectivity index (χ3n) is 1.78. The van der Waals surface area contributed by atoms with Gasteiger partial charge in [-0.3, -0.25) is 0 Å². The van der Waals surface area contributed by atoms with Crippen molar-refractivity contribution in [1.82, 2.24) is 0 Å². The molecule has 13 heavy (non-hydrogen) atoms. The van der Waals surface area contributed by atoms with E-state index in [0.29, 0.717) is 5.56 Å². The average molecular weight is 187 g/mol. The molecule has 0 aliphatic rings. The summed E-state index contributed by atoms with van der Waals surface area (Å²) in [4.78, 5) is 0. The highest BCUT2D eigenvalue weighted by atomic mass is 19.1. The lowest BCUT2D eigenvalue weighted by molar-refractivity contribution is 0.582. The molecular weight excluding hydrogens is 176 g/mol. The monoisotopic (exact) mass is 187 g/mol. The predicted molar refractivity (Wildman–Crippen MR) is 46.8 cm³/mol. The van der Waals surface area contributed by atoms with Gasteiger partial charge in [-0.15, -0.1) is 0 Å². The Morgan fingerprint density at radius 2 is 1.69 bits per heavy atom. The van der Waals surface area contributed by atoms with E-state index in [1.54, 1.807) is 0 Å². The zero-order chi connectivity index (χ0) is 10.0. The van der Waals surface area contributed by atoms with Crippen LogP contribution in [0.2, 0.25) is 0 Å². The van der Waals surface area contributed by atoms with E-state index >= 15 is 0 Å². The van der Waals surface area contributed by atoms with Gasteiger partial charge in [0, 0.05) is 12.6 Å². The number of hydrogen-bond donors (Lipinski definition) is 3. The van der Waals surface area contributed by atoms with Crippen LogP contribution in [-0.4, -0.2) is 6.54 Å². The summed E-state index contributed by atoms with van der Waals surface area (Å²) in [5, 5.41) is 0. The number of rotatable bonds is 2. The molecule has 1 rings (SSSR count). The van der Waals surface area contributed by atoms with Gasteiger partial charge in [-0.1, -0.05) is 0 Å². The van der Waals surface area contributed by atoms with Gasteiger partial charge in [-0.25, -0.2) is 8.78 Å². The van der Waals surface area contributed by atoms with E-state index in [2.05, 4.69) is 0 Å². The van der Waals surface area contributed by atoms with Gasteiger partial charge in [0.15, 0.2) is 0 Å². The van der Waals surface area contributed by atoms with Crippen LogP contribution in [0.4, 0.5) is 14.5 Å². The standard InChI is InChI=1S/C8H11F2N3/c9-5-1-4(7(12)3-11)2-6(10)8(5)13/h1-2,7H,3,11-13H2/t7-/m1/s1. The number of hydrogen-bond acceptors (Lipinski definition) is 3. The molecule has 0 fully saturated rings. The number of nitrogen functional groups attached to an aromatic ring is 1. The van der Waals surface area contributed by atoms with E-state index < -0.39 is 23.4 Å². The Morgan fingerprint density at radius 1 is 1.23 bits per heavy atom. The minimum Gasteiger partial charge on any atom is -0.394 e. The lowest BCUT2D eigenvalue weighted by Gasteiger charge is -2.10. The first kappa shape index (κ1) is 9.88. The first-order valence-electron chi connectivity index (χ1n) is 3.76. The van der Waals surface area contributed by atoms with E-state index in [-0.39, 0.29) is 6.54 Å². The van der Waals surface area contributed by atoms with Crippen molar-refractivity contribution in [2.24, 2.45) is 11.5 Å². The summed E-state index contributed by atoms with van der Waals surface area (Å²) in [7, 11) is 0. The quantitative estimate of drug-likeness (QED) is 0.590. The summed E-state index contributed by atoms with van der Waals surface area (Å²) in [6, 6.07) is 1.62. The van der Waals surface area contributed by atoms with Gasteiger partial charge >= 0.3 is 0 Å². The molecule has 0 aliphatic carbocycles. The fourth-order valence-corrected chi connectivity index (χ4v) is 0.954. The minimum atomic E-state index is -0.807. The highest BCUT2D eigenvalue weighted by Gasteiger charge is 2.11. The molecule has 0 heterocycles. The molecule has 0 saturated carbocycles. The summed E-state index contributed by atoms with van der Waals surface area (Å²) in [5.41, 5.74) is 15.6. The van der Waals surface area contributed by atoms with Gasteiger partial charge < -0.3 is 17.2 Å². The number of nitrogens with two attached hydrogens (primary N) is 3. The number of benzene rings is 1. The van der Waals surface area contributed by atoms with Crippen LogP contribution in [0.15, 0.2) is 12.1 Å². The second-order valence-corrected chi connectivity index (χ2v) is 2.74. The van der Waals surface area contributed by atoms with Crippen molar-refractivity contribution < 1.29 is 8.78 Å². The molecule has 0 aromatic heterocycles. The van der Waals surface area contributed by atoms with Gasteiger partial charge in [-0.05, 0) is 17.7 Å². The SMILES string of the molecule is NC[C@@H](N)c1cc(F)c(N)c(F)c1. The van der Waals surface area contributed by atoms with E-state index in [4.69, 9.17) is 17.2 Å². The van der Waals surface area contributed by atoms with Crippen LogP contribution in [0.1, 0.15) is 11.6 Å². The van der Waals surface area contributed by atoms with Crippen molar-refractivity contribution in [1.29, 1.82) is 0 Å². The molecule has 72 valence electrons. The van der Waals surface area contributed by atoms with Crippen LogP contribution >= 0.6 is 0 Å². The Balaban J connectivity index is 3.13. The second-order valence-electron chi connectivity index (χ2n) is 2.74. The molecule has 0 amide bonds. The van der Waals surface area contributed by atoms with Crippen LogP contribution in [0.25, 0.3) is 0 Å². The van der Waals surface area contributed by atoms with Gasteiger partial charge in [0.25, 0.3) is 0 Å². The third kappa shape index (κ3) is 1.93. The molecule has 0 spiro atoms. The summed E-state index contributed by atoms with van der Waals surface area (Å²) in [6.45, 7) is 0.128. The van der Waals surface area contributed by atoms with Crippen molar-refractivity contribution >= 4 is 5.69 Å². The Morgan fingerprint density at radius 3 is 2.08 bits per heavy atom. The third-order valence-corrected chi connectivity index (χ3v) is 1.78. The van der Waals surface area contributed by atoms with Gasteiger partial charge in [0.1, 0.15) is 17.3 Å². The van der Waals surface area contributed by atoms with Crippen molar-refractivity contribution in [3.8, 4) is 0 Å². The average Bonchev–Trinajstić information content (AvgIpc) is 2.12. The Hall–Kier alpha value is -1.20. The van der Waals surface area contributed by atoms with E-state index in [9.17, 15) is 8.78 Å². The molecule has 0 aliphatic heterocycles. The molecule has 0 bridgehead atoms. The maximum atomic E-state index is 12.9. The molecule has 0 saturated heterocycles. The second kappa shape index (κ2) is 3.68. The normalized spacial score (nSPS) is 12.9. The van der Waals surface area contributed by atoms with Crippen molar-refractivity contribution in [2.75, 3.05) is 12.3 Å². The molecule has 1 aromatic rings. The lowest BCUT2D eigenvalue weighted by Crippen LogP contribution is -2.21. The number of anilines is 1. The summed E-state index contributed by atoms with van der Waals surface area (Å²) < 4.78 is 25.8. The first-order valence-corrected chi connectivity index (χ1v) is 3.76. The van der Waals surface area contributed by atoms with Crippen LogP contribution in [0.5, 0.6) is 0 Å². The number of halogens is 2. The molecule has 3 nitrogen and oxygen atoms in total. The van der Waals surface area contributed by atoms with Crippen LogP contribution in [-0.2, 0) is 0 Å². The largest absolute Gasteiger partial charge is 0.394 e. The Labute approximate surface area is 74.5 Å². The highest BCUT2D eigenvalue weighted by molar-refractivity contribution is 5.43. The summed E-state index contributed by atoms with van der Waals surface area (Å²) in [5.74, 6) is -1.61. The van der Waals surface area contributed by atoms with E-state index in [1.165, 1.54) is 0 Å². The minimum absolute atomic E-state index is 0.128. The van der Waals surface area contributed by atoms with Crippen LogP contribution in [0.3, 0.4) is 0 Å². The first-order chi connectivity index (χ1) is 6.06. The van der Waals surface area contributed by atoms with Crippen molar-refractivity contribution in [3.05, 3.63) is 29.3 Å². The van der Waals surface area contributed by atoms with E-state index in [1.807, 2.05) is 0 Å². The molecular formula is C8H11F2N3. The van der Waals surface area contributed by atoms with Gasteiger partial charge in [-0.2, -0.15) is 0 Å². The smallest absolute Gasteiger partial charge is 0.149 e. The highest BCUT2D eigenvalue weighted by Crippen LogP contribution is 2.20. The van der Waals surface area contributed by atoms with Crippen LogP contribution in [0, 0.1) is 11.6 Å².